The monoisotopic (exact) mass is 338 g/mol. The predicted octanol–water partition coefficient (Wildman–Crippen LogP) is 4.71. The lowest BCUT2D eigenvalue weighted by Gasteiger charge is -2.13. The summed E-state index contributed by atoms with van der Waals surface area (Å²) in [5.74, 6) is 0.751. The number of hydrogen-bond acceptors (Lipinski definition) is 2. The Bertz CT molecular complexity index is 642. The van der Waals surface area contributed by atoms with Crippen molar-refractivity contribution in [3.63, 3.8) is 0 Å². The van der Waals surface area contributed by atoms with Gasteiger partial charge in [0.1, 0.15) is 5.75 Å². The number of anilines is 1. The van der Waals surface area contributed by atoms with Gasteiger partial charge in [0.15, 0.2) is 6.73 Å². The standard InChI is InChI=1S/C16H16Cl2N2O2/c1-2-11-6-3-4-9-14(11)22-10-19-16(21)20-15-12(17)7-5-8-13(15)18/h3-9H,2,10H2,1H3,(H2,19,20,21). The van der Waals surface area contributed by atoms with Crippen LogP contribution in [-0.4, -0.2) is 12.8 Å². The quantitative estimate of drug-likeness (QED) is 0.775. The highest BCUT2D eigenvalue weighted by Gasteiger charge is 2.09. The van der Waals surface area contributed by atoms with Gasteiger partial charge in [-0.1, -0.05) is 54.4 Å². The van der Waals surface area contributed by atoms with Gasteiger partial charge in [-0.15, -0.1) is 0 Å². The number of carbonyl (C=O) groups excluding carboxylic acids is 1. The van der Waals surface area contributed by atoms with Crippen molar-refractivity contribution < 1.29 is 9.53 Å². The molecular weight excluding hydrogens is 323 g/mol. The van der Waals surface area contributed by atoms with E-state index >= 15 is 0 Å². The molecule has 2 aromatic rings. The molecule has 116 valence electrons. The third kappa shape index (κ3) is 4.29. The zero-order chi connectivity index (χ0) is 15.9. The maximum Gasteiger partial charge on any atom is 0.321 e. The topological polar surface area (TPSA) is 50.4 Å². The molecule has 0 aliphatic carbocycles. The van der Waals surface area contributed by atoms with Crippen LogP contribution in [0.2, 0.25) is 10.0 Å². The summed E-state index contributed by atoms with van der Waals surface area (Å²) >= 11 is 12.0. The van der Waals surface area contributed by atoms with Gasteiger partial charge in [0, 0.05) is 0 Å². The second kappa shape index (κ2) is 7.92. The molecule has 0 aliphatic rings. The third-order valence-corrected chi connectivity index (χ3v) is 3.65. The Labute approximate surface area is 139 Å². The molecule has 22 heavy (non-hydrogen) atoms. The summed E-state index contributed by atoms with van der Waals surface area (Å²) in [6, 6.07) is 12.3. The Morgan fingerprint density at radius 2 is 1.77 bits per heavy atom. The van der Waals surface area contributed by atoms with Crippen molar-refractivity contribution in [3.8, 4) is 5.75 Å². The average molecular weight is 339 g/mol. The van der Waals surface area contributed by atoms with Gasteiger partial charge < -0.3 is 15.4 Å². The lowest BCUT2D eigenvalue weighted by Crippen LogP contribution is -2.32. The highest BCUT2D eigenvalue weighted by Crippen LogP contribution is 2.29. The Kier molecular flexibility index (Phi) is 5.92. The van der Waals surface area contributed by atoms with Crippen LogP contribution in [0.5, 0.6) is 5.75 Å². The molecule has 0 radical (unpaired) electrons. The molecule has 4 nitrogen and oxygen atoms in total. The first-order chi connectivity index (χ1) is 10.6. The highest BCUT2D eigenvalue weighted by molar-refractivity contribution is 6.39. The zero-order valence-corrected chi connectivity index (χ0v) is 13.5. The number of amides is 2. The number of rotatable bonds is 5. The van der Waals surface area contributed by atoms with E-state index in [2.05, 4.69) is 10.6 Å². The molecule has 0 saturated heterocycles. The smallest absolute Gasteiger partial charge is 0.321 e. The number of ether oxygens (including phenoxy) is 1. The van der Waals surface area contributed by atoms with E-state index < -0.39 is 6.03 Å². The molecule has 6 heteroatoms. The summed E-state index contributed by atoms with van der Waals surface area (Å²) in [4.78, 5) is 11.8. The first-order valence-corrected chi connectivity index (χ1v) is 7.57. The van der Waals surface area contributed by atoms with Gasteiger partial charge in [0.2, 0.25) is 0 Å². The molecular formula is C16H16Cl2N2O2. The van der Waals surface area contributed by atoms with E-state index in [1.807, 2.05) is 31.2 Å². The van der Waals surface area contributed by atoms with Gasteiger partial charge in [0.05, 0.1) is 15.7 Å². The van der Waals surface area contributed by atoms with Crippen LogP contribution in [0.4, 0.5) is 10.5 Å². The average Bonchev–Trinajstić information content (AvgIpc) is 2.51. The van der Waals surface area contributed by atoms with Crippen LogP contribution >= 0.6 is 23.2 Å². The van der Waals surface area contributed by atoms with E-state index in [4.69, 9.17) is 27.9 Å². The Morgan fingerprint density at radius 1 is 1.09 bits per heavy atom. The number of urea groups is 1. The van der Waals surface area contributed by atoms with E-state index in [1.165, 1.54) is 0 Å². The number of para-hydroxylation sites is 2. The van der Waals surface area contributed by atoms with Crippen LogP contribution in [-0.2, 0) is 6.42 Å². The fourth-order valence-electron chi connectivity index (χ4n) is 1.89. The molecule has 2 N–H and O–H groups in total. The maximum absolute atomic E-state index is 11.8. The van der Waals surface area contributed by atoms with Crippen molar-refractivity contribution in [2.45, 2.75) is 13.3 Å². The van der Waals surface area contributed by atoms with E-state index in [-0.39, 0.29) is 6.73 Å². The van der Waals surface area contributed by atoms with E-state index in [1.54, 1.807) is 18.2 Å². The van der Waals surface area contributed by atoms with Crippen LogP contribution in [0.25, 0.3) is 0 Å². The molecule has 0 fully saturated rings. The van der Waals surface area contributed by atoms with Crippen LogP contribution in [0.15, 0.2) is 42.5 Å². The largest absolute Gasteiger partial charge is 0.473 e. The van der Waals surface area contributed by atoms with E-state index in [9.17, 15) is 4.79 Å². The van der Waals surface area contributed by atoms with Gasteiger partial charge in [-0.2, -0.15) is 0 Å². The number of halogens is 2. The molecule has 0 saturated carbocycles. The second-order valence-electron chi connectivity index (χ2n) is 4.48. The maximum atomic E-state index is 11.8. The van der Waals surface area contributed by atoms with E-state index in [0.29, 0.717) is 15.7 Å². The van der Waals surface area contributed by atoms with Crippen LogP contribution in [0.3, 0.4) is 0 Å². The number of aryl methyl sites for hydroxylation is 1. The van der Waals surface area contributed by atoms with Crippen LogP contribution < -0.4 is 15.4 Å². The minimum atomic E-state index is -0.441. The minimum absolute atomic E-state index is 0.0465. The lowest BCUT2D eigenvalue weighted by molar-refractivity contribution is 0.234. The van der Waals surface area contributed by atoms with Gasteiger partial charge in [-0.25, -0.2) is 4.79 Å². The van der Waals surface area contributed by atoms with Gasteiger partial charge in [0.25, 0.3) is 0 Å². The molecule has 0 unspecified atom stereocenters. The van der Waals surface area contributed by atoms with Crippen molar-refractivity contribution in [3.05, 3.63) is 58.1 Å². The number of benzene rings is 2. The van der Waals surface area contributed by atoms with E-state index in [0.717, 1.165) is 17.7 Å². The molecule has 2 aromatic carbocycles. The van der Waals surface area contributed by atoms with Crippen molar-refractivity contribution in [2.75, 3.05) is 12.0 Å². The summed E-state index contributed by atoms with van der Waals surface area (Å²) in [6.45, 7) is 2.09. The SMILES string of the molecule is CCc1ccccc1OCNC(=O)Nc1c(Cl)cccc1Cl. The number of nitrogens with one attached hydrogen (secondary N) is 2. The molecule has 0 spiro atoms. The summed E-state index contributed by atoms with van der Waals surface area (Å²) in [7, 11) is 0. The zero-order valence-electron chi connectivity index (χ0n) is 12.0. The van der Waals surface area contributed by atoms with Crippen LogP contribution in [0.1, 0.15) is 12.5 Å². The highest BCUT2D eigenvalue weighted by atomic mass is 35.5. The Hall–Kier alpha value is -1.91. The lowest BCUT2D eigenvalue weighted by atomic mass is 10.1. The Morgan fingerprint density at radius 3 is 2.45 bits per heavy atom. The second-order valence-corrected chi connectivity index (χ2v) is 5.29. The molecule has 0 aromatic heterocycles. The summed E-state index contributed by atoms with van der Waals surface area (Å²) < 4.78 is 5.56. The summed E-state index contributed by atoms with van der Waals surface area (Å²) in [6.07, 6.45) is 0.859. The summed E-state index contributed by atoms with van der Waals surface area (Å²) in [5, 5.41) is 5.95. The molecule has 2 amide bonds. The van der Waals surface area contributed by atoms with Gasteiger partial charge >= 0.3 is 6.03 Å². The first-order valence-electron chi connectivity index (χ1n) is 6.81. The molecule has 0 atom stereocenters. The third-order valence-electron chi connectivity index (χ3n) is 3.02. The Balaban J connectivity index is 1.88. The number of hydrogen-bond donors (Lipinski definition) is 2. The normalized spacial score (nSPS) is 10.1. The first kappa shape index (κ1) is 16.5. The predicted molar refractivity (Wildman–Crippen MR) is 89.9 cm³/mol. The van der Waals surface area contributed by atoms with Crippen LogP contribution in [0, 0.1) is 0 Å². The van der Waals surface area contributed by atoms with Crippen molar-refractivity contribution in [1.82, 2.24) is 5.32 Å². The fraction of sp³-hybridized carbons (Fsp3) is 0.188. The minimum Gasteiger partial charge on any atom is -0.473 e. The van der Waals surface area contributed by atoms with Crippen molar-refractivity contribution >= 4 is 34.9 Å². The molecule has 0 aliphatic heterocycles. The number of carbonyl (C=O) groups is 1. The summed E-state index contributed by atoms with van der Waals surface area (Å²) in [5.41, 5.74) is 1.45. The van der Waals surface area contributed by atoms with Crippen molar-refractivity contribution in [1.29, 1.82) is 0 Å². The van der Waals surface area contributed by atoms with Gasteiger partial charge in [-0.05, 0) is 30.2 Å². The molecule has 0 bridgehead atoms. The molecule has 0 heterocycles. The van der Waals surface area contributed by atoms with Gasteiger partial charge in [-0.3, -0.25) is 0 Å². The fourth-order valence-corrected chi connectivity index (χ4v) is 2.38. The molecule has 2 rings (SSSR count). The van der Waals surface area contributed by atoms with Crippen molar-refractivity contribution in [2.24, 2.45) is 0 Å².